The summed E-state index contributed by atoms with van der Waals surface area (Å²) in [7, 11) is 0. The summed E-state index contributed by atoms with van der Waals surface area (Å²) in [6, 6.07) is 11.9. The molecular weight excluding hydrogens is 481 g/mol. The first-order chi connectivity index (χ1) is 15.8. The van der Waals surface area contributed by atoms with E-state index in [0.717, 1.165) is 5.56 Å². The van der Waals surface area contributed by atoms with Crippen molar-refractivity contribution in [3.05, 3.63) is 82.1 Å². The van der Waals surface area contributed by atoms with Crippen molar-refractivity contribution in [2.75, 3.05) is 11.1 Å². The highest BCUT2D eigenvalue weighted by Gasteiger charge is 2.20. The van der Waals surface area contributed by atoms with Crippen molar-refractivity contribution in [1.82, 2.24) is 20.1 Å². The molecule has 0 saturated carbocycles. The molecule has 3 rings (SSSR count). The third-order valence-corrected chi connectivity index (χ3v) is 6.45. The van der Waals surface area contributed by atoms with Crippen LogP contribution in [0.2, 0.25) is 10.0 Å². The second-order valence-corrected chi connectivity index (χ2v) is 8.97. The fourth-order valence-electron chi connectivity index (χ4n) is 2.99. The zero-order valence-corrected chi connectivity index (χ0v) is 20.5. The maximum atomic E-state index is 12.6. The molecule has 0 saturated heterocycles. The SMILES string of the molecule is C=CCn1c(SCC(=O)Nc2cccc(Cl)c2Cl)nnc1[C@@H](C)NC(=O)c1ccc(C)cc1. The van der Waals surface area contributed by atoms with E-state index < -0.39 is 6.04 Å². The highest BCUT2D eigenvalue weighted by molar-refractivity contribution is 7.99. The van der Waals surface area contributed by atoms with Crippen LogP contribution in [-0.4, -0.2) is 32.3 Å². The molecule has 33 heavy (non-hydrogen) atoms. The van der Waals surface area contributed by atoms with Crippen LogP contribution in [0.1, 0.15) is 34.7 Å². The van der Waals surface area contributed by atoms with Gasteiger partial charge in [-0.2, -0.15) is 0 Å². The molecule has 1 atom stereocenters. The molecule has 0 aliphatic heterocycles. The fraction of sp³-hybridized carbons (Fsp3) is 0.217. The molecule has 2 aromatic carbocycles. The van der Waals surface area contributed by atoms with Crippen LogP contribution in [0.5, 0.6) is 0 Å². The predicted octanol–water partition coefficient (Wildman–Crippen LogP) is 5.30. The van der Waals surface area contributed by atoms with Crippen LogP contribution >= 0.6 is 35.0 Å². The zero-order chi connectivity index (χ0) is 24.0. The number of carbonyl (C=O) groups excluding carboxylic acids is 2. The molecule has 7 nitrogen and oxygen atoms in total. The number of hydrogen-bond acceptors (Lipinski definition) is 5. The number of halogens is 2. The molecule has 0 fully saturated rings. The Labute approximate surface area is 206 Å². The molecule has 3 aromatic rings. The lowest BCUT2D eigenvalue weighted by Gasteiger charge is -2.15. The fourth-order valence-corrected chi connectivity index (χ4v) is 4.10. The monoisotopic (exact) mass is 503 g/mol. The number of amides is 2. The van der Waals surface area contributed by atoms with Crippen LogP contribution in [0.3, 0.4) is 0 Å². The van der Waals surface area contributed by atoms with Crippen LogP contribution in [0.15, 0.2) is 60.3 Å². The van der Waals surface area contributed by atoms with Crippen molar-refractivity contribution in [3.8, 4) is 0 Å². The van der Waals surface area contributed by atoms with Gasteiger partial charge in [-0.15, -0.1) is 16.8 Å². The van der Waals surface area contributed by atoms with Gasteiger partial charge in [0, 0.05) is 12.1 Å². The second-order valence-electron chi connectivity index (χ2n) is 7.24. The van der Waals surface area contributed by atoms with E-state index in [2.05, 4.69) is 27.4 Å². The number of carbonyl (C=O) groups is 2. The molecule has 0 aliphatic rings. The molecule has 0 spiro atoms. The molecule has 2 amide bonds. The Balaban J connectivity index is 1.67. The number of benzene rings is 2. The summed E-state index contributed by atoms with van der Waals surface area (Å²) in [4.78, 5) is 25.0. The third-order valence-electron chi connectivity index (χ3n) is 4.66. The number of anilines is 1. The minimum absolute atomic E-state index is 0.0855. The number of nitrogens with zero attached hydrogens (tertiary/aromatic N) is 3. The van der Waals surface area contributed by atoms with Crippen molar-refractivity contribution in [2.45, 2.75) is 31.6 Å². The molecular formula is C23H23Cl2N5O2S. The normalized spacial score (nSPS) is 11.6. The Hall–Kier alpha value is -2.81. The van der Waals surface area contributed by atoms with Gasteiger partial charge >= 0.3 is 0 Å². The molecule has 0 bridgehead atoms. The number of aromatic nitrogens is 3. The van der Waals surface area contributed by atoms with Gasteiger partial charge in [0.05, 0.1) is 27.5 Å². The molecule has 1 heterocycles. The average Bonchev–Trinajstić information content (AvgIpc) is 3.19. The number of allylic oxidation sites excluding steroid dienone is 1. The predicted molar refractivity (Wildman–Crippen MR) is 133 cm³/mol. The van der Waals surface area contributed by atoms with E-state index in [-0.39, 0.29) is 22.6 Å². The van der Waals surface area contributed by atoms with Gasteiger partial charge in [0.25, 0.3) is 5.91 Å². The van der Waals surface area contributed by atoms with E-state index in [0.29, 0.717) is 33.8 Å². The Bertz CT molecular complexity index is 1160. The number of hydrogen-bond donors (Lipinski definition) is 2. The number of aryl methyl sites for hydroxylation is 1. The quantitative estimate of drug-likeness (QED) is 0.305. The largest absolute Gasteiger partial charge is 0.342 e. The second kappa shape index (κ2) is 11.4. The van der Waals surface area contributed by atoms with Crippen LogP contribution in [0, 0.1) is 6.92 Å². The highest BCUT2D eigenvalue weighted by Crippen LogP contribution is 2.30. The van der Waals surface area contributed by atoms with Crippen LogP contribution in [0.4, 0.5) is 5.69 Å². The Kier molecular flexibility index (Phi) is 8.55. The van der Waals surface area contributed by atoms with Gasteiger partial charge in [0.15, 0.2) is 11.0 Å². The zero-order valence-electron chi connectivity index (χ0n) is 18.1. The van der Waals surface area contributed by atoms with E-state index in [4.69, 9.17) is 23.2 Å². The summed E-state index contributed by atoms with van der Waals surface area (Å²) in [5.41, 5.74) is 2.08. The molecule has 172 valence electrons. The lowest BCUT2D eigenvalue weighted by atomic mass is 10.1. The molecule has 2 N–H and O–H groups in total. The standard InChI is InChI=1S/C23H23Cl2N5O2S/c1-4-12-30-21(15(3)26-22(32)16-10-8-14(2)9-11-16)28-29-23(30)33-13-19(31)27-18-7-5-6-17(24)20(18)25/h4-11,15H,1,12-13H2,2-3H3,(H,26,32)(H,27,31)/t15-/m1/s1. The van der Waals surface area contributed by atoms with Gasteiger partial charge in [-0.3, -0.25) is 9.59 Å². The Morgan fingerprint density at radius 2 is 1.91 bits per heavy atom. The number of rotatable bonds is 9. The highest BCUT2D eigenvalue weighted by atomic mass is 35.5. The molecule has 0 unspecified atom stereocenters. The average molecular weight is 504 g/mol. The molecule has 0 aliphatic carbocycles. The lowest BCUT2D eigenvalue weighted by Crippen LogP contribution is -2.28. The first-order valence-electron chi connectivity index (χ1n) is 10.1. The van der Waals surface area contributed by atoms with E-state index in [1.807, 2.05) is 30.5 Å². The summed E-state index contributed by atoms with van der Waals surface area (Å²) >= 11 is 13.3. The van der Waals surface area contributed by atoms with Crippen LogP contribution < -0.4 is 10.6 Å². The van der Waals surface area contributed by atoms with Crippen molar-refractivity contribution in [3.63, 3.8) is 0 Å². The van der Waals surface area contributed by atoms with E-state index >= 15 is 0 Å². The summed E-state index contributed by atoms with van der Waals surface area (Å²) < 4.78 is 1.82. The summed E-state index contributed by atoms with van der Waals surface area (Å²) in [5, 5.41) is 15.3. The van der Waals surface area contributed by atoms with Gasteiger partial charge in [0.1, 0.15) is 0 Å². The van der Waals surface area contributed by atoms with E-state index in [1.165, 1.54) is 11.8 Å². The molecule has 1 aromatic heterocycles. The van der Waals surface area contributed by atoms with Crippen molar-refractivity contribution in [2.24, 2.45) is 0 Å². The van der Waals surface area contributed by atoms with Gasteiger partial charge in [0.2, 0.25) is 5.91 Å². The first-order valence-corrected chi connectivity index (χ1v) is 11.8. The maximum absolute atomic E-state index is 12.6. The number of nitrogens with one attached hydrogen (secondary N) is 2. The van der Waals surface area contributed by atoms with Crippen molar-refractivity contribution in [1.29, 1.82) is 0 Å². The molecule has 10 heteroatoms. The van der Waals surface area contributed by atoms with Gasteiger partial charge in [-0.1, -0.05) is 64.8 Å². The first kappa shape index (κ1) is 24.8. The van der Waals surface area contributed by atoms with Gasteiger partial charge in [-0.25, -0.2) is 0 Å². The maximum Gasteiger partial charge on any atom is 0.251 e. The lowest BCUT2D eigenvalue weighted by molar-refractivity contribution is -0.113. The minimum atomic E-state index is -0.403. The topological polar surface area (TPSA) is 88.9 Å². The van der Waals surface area contributed by atoms with E-state index in [1.54, 1.807) is 36.4 Å². The van der Waals surface area contributed by atoms with Crippen LogP contribution in [0.25, 0.3) is 0 Å². The Morgan fingerprint density at radius 1 is 1.18 bits per heavy atom. The summed E-state index contributed by atoms with van der Waals surface area (Å²) in [6.45, 7) is 8.01. The minimum Gasteiger partial charge on any atom is -0.342 e. The summed E-state index contributed by atoms with van der Waals surface area (Å²) in [5.74, 6) is 0.181. The Morgan fingerprint density at radius 3 is 2.61 bits per heavy atom. The smallest absolute Gasteiger partial charge is 0.251 e. The van der Waals surface area contributed by atoms with Crippen LogP contribution in [-0.2, 0) is 11.3 Å². The summed E-state index contributed by atoms with van der Waals surface area (Å²) in [6.07, 6.45) is 1.71. The third kappa shape index (κ3) is 6.37. The number of thioether (sulfide) groups is 1. The van der Waals surface area contributed by atoms with Crippen molar-refractivity contribution >= 4 is 52.5 Å². The van der Waals surface area contributed by atoms with Gasteiger partial charge in [-0.05, 0) is 38.1 Å². The molecule has 0 radical (unpaired) electrons. The van der Waals surface area contributed by atoms with Crippen molar-refractivity contribution < 1.29 is 9.59 Å². The van der Waals surface area contributed by atoms with Gasteiger partial charge < -0.3 is 15.2 Å². The van der Waals surface area contributed by atoms with E-state index in [9.17, 15) is 9.59 Å².